The van der Waals surface area contributed by atoms with Gasteiger partial charge in [-0.1, -0.05) is 0 Å². The summed E-state index contributed by atoms with van der Waals surface area (Å²) < 4.78 is 0. The molecule has 0 saturated heterocycles. The predicted octanol–water partition coefficient (Wildman–Crippen LogP) is 1.08. The molecule has 0 bridgehead atoms. The van der Waals surface area contributed by atoms with Crippen molar-refractivity contribution in [2.45, 2.75) is 19.9 Å². The highest BCUT2D eigenvalue weighted by molar-refractivity contribution is 6.18. The van der Waals surface area contributed by atoms with E-state index in [0.29, 0.717) is 11.4 Å². The first kappa shape index (κ1) is 10.1. The minimum Gasteiger partial charge on any atom is -0.348 e. The molecule has 1 amide bonds. The van der Waals surface area contributed by atoms with Crippen molar-refractivity contribution < 1.29 is 4.79 Å². The van der Waals surface area contributed by atoms with E-state index in [4.69, 9.17) is 11.6 Å². The molecule has 0 aromatic carbocycles. The zero-order chi connectivity index (χ0) is 9.84. The van der Waals surface area contributed by atoms with Gasteiger partial charge in [0.25, 0.3) is 5.91 Å². The molecule has 13 heavy (non-hydrogen) atoms. The van der Waals surface area contributed by atoms with Gasteiger partial charge in [0, 0.05) is 17.6 Å². The molecule has 72 valence electrons. The molecule has 0 aliphatic carbocycles. The van der Waals surface area contributed by atoms with Gasteiger partial charge < -0.3 is 5.32 Å². The minimum absolute atomic E-state index is 0.0246. The fourth-order valence-corrected chi connectivity index (χ4v) is 0.997. The maximum Gasteiger partial charge on any atom is 0.254 e. The lowest BCUT2D eigenvalue weighted by Crippen LogP contribution is -2.33. The lowest BCUT2D eigenvalue weighted by Gasteiger charge is -2.09. The van der Waals surface area contributed by atoms with E-state index in [1.54, 1.807) is 6.92 Å². The Kier molecular flexibility index (Phi) is 3.31. The lowest BCUT2D eigenvalue weighted by molar-refractivity contribution is 0.0943. The topological polar surface area (TPSA) is 57.8 Å². The number of amides is 1. The van der Waals surface area contributed by atoms with Crippen LogP contribution in [-0.2, 0) is 0 Å². The first-order valence-corrected chi connectivity index (χ1v) is 4.55. The SMILES string of the molecule is Cc1[nH]ncc1C(=O)NC(C)CCl. The second kappa shape index (κ2) is 4.28. The van der Waals surface area contributed by atoms with Gasteiger partial charge in [-0.05, 0) is 13.8 Å². The molecule has 1 aromatic heterocycles. The summed E-state index contributed by atoms with van der Waals surface area (Å²) >= 11 is 5.56. The molecule has 1 unspecified atom stereocenters. The summed E-state index contributed by atoms with van der Waals surface area (Å²) in [5.41, 5.74) is 1.33. The average molecular weight is 202 g/mol. The third-order valence-electron chi connectivity index (χ3n) is 1.68. The maximum absolute atomic E-state index is 11.5. The van der Waals surface area contributed by atoms with Gasteiger partial charge >= 0.3 is 0 Å². The number of rotatable bonds is 3. The molecule has 0 fully saturated rings. The number of nitrogens with zero attached hydrogens (tertiary/aromatic N) is 1. The number of carbonyl (C=O) groups is 1. The first-order chi connectivity index (χ1) is 6.15. The molecule has 1 heterocycles. The van der Waals surface area contributed by atoms with E-state index in [1.807, 2.05) is 6.92 Å². The van der Waals surface area contributed by atoms with Crippen molar-refractivity contribution in [1.29, 1.82) is 0 Å². The van der Waals surface area contributed by atoms with Crippen molar-refractivity contribution in [2.24, 2.45) is 0 Å². The van der Waals surface area contributed by atoms with Crippen LogP contribution in [-0.4, -0.2) is 28.0 Å². The van der Waals surface area contributed by atoms with Crippen molar-refractivity contribution in [3.05, 3.63) is 17.5 Å². The highest BCUT2D eigenvalue weighted by Gasteiger charge is 2.12. The third-order valence-corrected chi connectivity index (χ3v) is 2.15. The molecule has 5 heteroatoms. The van der Waals surface area contributed by atoms with E-state index in [2.05, 4.69) is 15.5 Å². The maximum atomic E-state index is 11.5. The molecule has 0 saturated carbocycles. The molecular formula is C8H12ClN3O. The molecule has 2 N–H and O–H groups in total. The fourth-order valence-electron chi connectivity index (χ4n) is 0.920. The third kappa shape index (κ3) is 2.45. The number of alkyl halides is 1. The van der Waals surface area contributed by atoms with E-state index in [9.17, 15) is 4.79 Å². The van der Waals surface area contributed by atoms with Crippen molar-refractivity contribution in [2.75, 3.05) is 5.88 Å². The van der Waals surface area contributed by atoms with Gasteiger partial charge in [-0.2, -0.15) is 5.10 Å². The van der Waals surface area contributed by atoms with Gasteiger partial charge in [0.1, 0.15) is 0 Å². The zero-order valence-electron chi connectivity index (χ0n) is 7.60. The summed E-state index contributed by atoms with van der Waals surface area (Å²) in [7, 11) is 0. The second-order valence-electron chi connectivity index (χ2n) is 2.94. The Hall–Kier alpha value is -1.03. The number of aryl methyl sites for hydroxylation is 1. The largest absolute Gasteiger partial charge is 0.348 e. The number of halogens is 1. The Morgan fingerprint density at radius 3 is 3.00 bits per heavy atom. The molecule has 0 spiro atoms. The van der Waals surface area contributed by atoms with Crippen LogP contribution in [0.5, 0.6) is 0 Å². The fraction of sp³-hybridized carbons (Fsp3) is 0.500. The minimum atomic E-state index is -0.139. The van der Waals surface area contributed by atoms with Gasteiger partial charge in [-0.3, -0.25) is 9.89 Å². The van der Waals surface area contributed by atoms with Gasteiger partial charge in [-0.15, -0.1) is 11.6 Å². The summed E-state index contributed by atoms with van der Waals surface area (Å²) in [5.74, 6) is 0.266. The normalized spacial score (nSPS) is 12.5. The summed E-state index contributed by atoms with van der Waals surface area (Å²) in [6.07, 6.45) is 1.51. The summed E-state index contributed by atoms with van der Waals surface area (Å²) in [6.45, 7) is 3.65. The highest BCUT2D eigenvalue weighted by Crippen LogP contribution is 2.02. The molecule has 1 aromatic rings. The van der Waals surface area contributed by atoms with Crippen LogP contribution in [0.4, 0.5) is 0 Å². The van der Waals surface area contributed by atoms with Gasteiger partial charge in [0.15, 0.2) is 0 Å². The number of hydrogen-bond acceptors (Lipinski definition) is 2. The molecule has 0 aliphatic rings. The number of carbonyl (C=O) groups excluding carboxylic acids is 1. The summed E-state index contributed by atoms with van der Waals surface area (Å²) in [5, 5.41) is 9.20. The Bertz CT molecular complexity index is 297. The number of aromatic nitrogens is 2. The van der Waals surface area contributed by atoms with Crippen molar-refractivity contribution in [1.82, 2.24) is 15.5 Å². The Morgan fingerprint density at radius 1 is 1.85 bits per heavy atom. The van der Waals surface area contributed by atoms with Crippen LogP contribution in [0.15, 0.2) is 6.20 Å². The molecule has 1 rings (SSSR count). The van der Waals surface area contributed by atoms with Crippen molar-refractivity contribution in [3.63, 3.8) is 0 Å². The number of nitrogens with one attached hydrogen (secondary N) is 2. The van der Waals surface area contributed by atoms with Crippen molar-refractivity contribution >= 4 is 17.5 Å². The zero-order valence-corrected chi connectivity index (χ0v) is 8.35. The molecule has 4 nitrogen and oxygen atoms in total. The van der Waals surface area contributed by atoms with Crippen LogP contribution in [0.25, 0.3) is 0 Å². The van der Waals surface area contributed by atoms with Crippen LogP contribution >= 0.6 is 11.6 Å². The van der Waals surface area contributed by atoms with E-state index in [0.717, 1.165) is 5.69 Å². The summed E-state index contributed by atoms with van der Waals surface area (Å²) in [6, 6.07) is -0.0246. The lowest BCUT2D eigenvalue weighted by atomic mass is 10.2. The Labute approximate surface area is 81.7 Å². The van der Waals surface area contributed by atoms with E-state index in [1.165, 1.54) is 6.20 Å². The van der Waals surface area contributed by atoms with Crippen molar-refractivity contribution in [3.8, 4) is 0 Å². The van der Waals surface area contributed by atoms with Gasteiger partial charge in [0.2, 0.25) is 0 Å². The number of H-pyrrole nitrogens is 1. The van der Waals surface area contributed by atoms with Crippen LogP contribution in [0.2, 0.25) is 0 Å². The average Bonchev–Trinajstić information content (AvgIpc) is 2.51. The van der Waals surface area contributed by atoms with Crippen LogP contribution in [0, 0.1) is 6.92 Å². The molecule has 1 atom stereocenters. The van der Waals surface area contributed by atoms with Crippen LogP contribution in [0.1, 0.15) is 23.0 Å². The van der Waals surface area contributed by atoms with Crippen LogP contribution in [0.3, 0.4) is 0 Å². The Morgan fingerprint density at radius 2 is 2.54 bits per heavy atom. The standard InChI is InChI=1S/C8H12ClN3O/c1-5(3-9)11-8(13)7-4-10-12-6(7)2/h4-5H,3H2,1-2H3,(H,10,12)(H,11,13). The molecule has 0 aliphatic heterocycles. The van der Waals surface area contributed by atoms with E-state index >= 15 is 0 Å². The quantitative estimate of drug-likeness (QED) is 0.719. The van der Waals surface area contributed by atoms with E-state index in [-0.39, 0.29) is 11.9 Å². The number of hydrogen-bond donors (Lipinski definition) is 2. The number of aromatic amines is 1. The van der Waals surface area contributed by atoms with E-state index < -0.39 is 0 Å². The predicted molar refractivity (Wildman–Crippen MR) is 51.0 cm³/mol. The smallest absolute Gasteiger partial charge is 0.254 e. The van der Waals surface area contributed by atoms with Gasteiger partial charge in [0.05, 0.1) is 11.8 Å². The van der Waals surface area contributed by atoms with Crippen LogP contribution < -0.4 is 5.32 Å². The highest BCUT2D eigenvalue weighted by atomic mass is 35.5. The second-order valence-corrected chi connectivity index (χ2v) is 3.25. The summed E-state index contributed by atoms with van der Waals surface area (Å²) in [4.78, 5) is 11.5. The monoisotopic (exact) mass is 201 g/mol. The molecular weight excluding hydrogens is 190 g/mol. The van der Waals surface area contributed by atoms with Gasteiger partial charge in [-0.25, -0.2) is 0 Å². The Balaban J connectivity index is 2.64. The molecule has 0 radical (unpaired) electrons. The first-order valence-electron chi connectivity index (χ1n) is 4.02.